The van der Waals surface area contributed by atoms with Gasteiger partial charge in [0.1, 0.15) is 0 Å². The van der Waals surface area contributed by atoms with Gasteiger partial charge < -0.3 is 0 Å². The lowest BCUT2D eigenvalue weighted by Gasteiger charge is -2.25. The zero-order valence-corrected chi connectivity index (χ0v) is 12.8. The fourth-order valence-electron chi connectivity index (χ4n) is 4.00. The molecule has 2 aromatic rings. The van der Waals surface area contributed by atoms with Gasteiger partial charge in [0, 0.05) is 25.8 Å². The Bertz CT molecular complexity index is 619. The third-order valence-electron chi connectivity index (χ3n) is 5.20. The minimum atomic E-state index is 0.714. The normalized spacial score (nSPS) is 21.3. The highest BCUT2D eigenvalue weighted by Crippen LogP contribution is 2.34. The Morgan fingerprint density at radius 1 is 1.19 bits per heavy atom. The first-order valence-corrected chi connectivity index (χ1v) is 8.11. The number of aromatic nitrogens is 2. The van der Waals surface area contributed by atoms with E-state index in [4.69, 9.17) is 0 Å². The molecular formula is C18H23N3. The van der Waals surface area contributed by atoms with E-state index in [1.165, 1.54) is 54.6 Å². The molecule has 0 amide bonds. The molecule has 0 radical (unpaired) electrons. The number of benzene rings is 1. The summed E-state index contributed by atoms with van der Waals surface area (Å²) in [6, 6.07) is 8.86. The minimum absolute atomic E-state index is 0.714. The van der Waals surface area contributed by atoms with Crippen LogP contribution in [0.25, 0.3) is 0 Å². The van der Waals surface area contributed by atoms with Crippen molar-refractivity contribution in [1.82, 2.24) is 14.7 Å². The van der Waals surface area contributed by atoms with Crippen molar-refractivity contribution in [3.05, 3.63) is 52.8 Å². The fourth-order valence-corrected chi connectivity index (χ4v) is 4.00. The van der Waals surface area contributed by atoms with E-state index in [1.54, 1.807) is 0 Å². The molecule has 0 saturated heterocycles. The summed E-state index contributed by atoms with van der Waals surface area (Å²) in [6.07, 6.45) is 7.24. The summed E-state index contributed by atoms with van der Waals surface area (Å²) in [7, 11) is 2.08. The maximum absolute atomic E-state index is 4.46. The molecule has 0 spiro atoms. The Balaban J connectivity index is 1.41. The summed E-state index contributed by atoms with van der Waals surface area (Å²) in [5, 5.41) is 4.46. The first-order chi connectivity index (χ1) is 10.3. The van der Waals surface area contributed by atoms with Gasteiger partial charge in [0.05, 0.1) is 6.20 Å². The number of aryl methyl sites for hydroxylation is 1. The number of hydrogen-bond donors (Lipinski definition) is 0. The van der Waals surface area contributed by atoms with Crippen molar-refractivity contribution in [2.45, 2.75) is 44.7 Å². The van der Waals surface area contributed by atoms with Crippen LogP contribution >= 0.6 is 0 Å². The molecule has 1 aliphatic carbocycles. The van der Waals surface area contributed by atoms with Gasteiger partial charge in [0.2, 0.25) is 0 Å². The lowest BCUT2D eigenvalue weighted by atomic mass is 9.85. The van der Waals surface area contributed by atoms with Gasteiger partial charge in [-0.15, -0.1) is 0 Å². The van der Waals surface area contributed by atoms with Crippen LogP contribution < -0.4 is 0 Å². The molecule has 3 nitrogen and oxygen atoms in total. The van der Waals surface area contributed by atoms with Crippen LogP contribution in [-0.2, 0) is 26.6 Å². The second-order valence-corrected chi connectivity index (χ2v) is 6.53. The number of hydrogen-bond acceptors (Lipinski definition) is 2. The van der Waals surface area contributed by atoms with Gasteiger partial charge in [-0.1, -0.05) is 24.3 Å². The average molecular weight is 281 g/mol. The zero-order valence-electron chi connectivity index (χ0n) is 12.8. The average Bonchev–Trinajstić information content (AvgIpc) is 3.09. The van der Waals surface area contributed by atoms with E-state index in [0.717, 1.165) is 13.1 Å². The first kappa shape index (κ1) is 13.1. The van der Waals surface area contributed by atoms with Crippen molar-refractivity contribution >= 4 is 0 Å². The molecule has 1 aromatic carbocycles. The van der Waals surface area contributed by atoms with E-state index < -0.39 is 0 Å². The smallest absolute Gasteiger partial charge is 0.0527 e. The highest BCUT2D eigenvalue weighted by molar-refractivity contribution is 5.30. The molecule has 0 bridgehead atoms. The molecule has 3 heteroatoms. The Morgan fingerprint density at radius 2 is 1.95 bits per heavy atom. The van der Waals surface area contributed by atoms with Crippen LogP contribution in [0.15, 0.2) is 30.5 Å². The van der Waals surface area contributed by atoms with E-state index in [9.17, 15) is 0 Å². The van der Waals surface area contributed by atoms with Crippen molar-refractivity contribution in [1.29, 1.82) is 0 Å². The molecule has 0 fully saturated rings. The molecule has 0 N–H and O–H groups in total. The van der Waals surface area contributed by atoms with Crippen molar-refractivity contribution in [3.63, 3.8) is 0 Å². The van der Waals surface area contributed by atoms with Crippen LogP contribution in [0.3, 0.4) is 0 Å². The van der Waals surface area contributed by atoms with Crippen LogP contribution in [0.2, 0.25) is 0 Å². The van der Waals surface area contributed by atoms with Crippen LogP contribution in [0.1, 0.15) is 47.6 Å². The first-order valence-electron chi connectivity index (χ1n) is 8.11. The largest absolute Gasteiger partial charge is 0.295 e. The Kier molecular flexibility index (Phi) is 3.30. The van der Waals surface area contributed by atoms with Crippen molar-refractivity contribution in [2.75, 3.05) is 6.54 Å². The molecular weight excluding hydrogens is 258 g/mol. The third kappa shape index (κ3) is 2.40. The highest BCUT2D eigenvalue weighted by atomic mass is 15.3. The van der Waals surface area contributed by atoms with Crippen LogP contribution in [0, 0.1) is 0 Å². The van der Waals surface area contributed by atoms with Gasteiger partial charge in [-0.3, -0.25) is 9.58 Å². The Morgan fingerprint density at radius 3 is 2.71 bits per heavy atom. The second-order valence-electron chi connectivity index (χ2n) is 6.53. The number of rotatable bonds is 3. The maximum atomic E-state index is 4.46. The predicted molar refractivity (Wildman–Crippen MR) is 84.1 cm³/mol. The lowest BCUT2D eigenvalue weighted by Crippen LogP contribution is -2.21. The molecule has 1 aliphatic heterocycles. The van der Waals surface area contributed by atoms with Crippen LogP contribution in [0.5, 0.6) is 0 Å². The van der Waals surface area contributed by atoms with E-state index in [2.05, 4.69) is 52.2 Å². The van der Waals surface area contributed by atoms with Crippen molar-refractivity contribution < 1.29 is 0 Å². The Labute approximate surface area is 126 Å². The third-order valence-corrected chi connectivity index (χ3v) is 5.20. The molecule has 0 saturated carbocycles. The monoisotopic (exact) mass is 281 g/mol. The summed E-state index contributed by atoms with van der Waals surface area (Å²) in [4.78, 5) is 2.59. The van der Waals surface area contributed by atoms with Crippen LogP contribution in [0.4, 0.5) is 0 Å². The molecule has 21 heavy (non-hydrogen) atoms. The molecule has 2 aliphatic rings. The maximum Gasteiger partial charge on any atom is 0.0527 e. The summed E-state index contributed by atoms with van der Waals surface area (Å²) in [6.45, 7) is 3.46. The standard InChI is InChI=1S/C18H23N3/c1-20-18-8-4-7-14(17(18)11-19-20)9-10-21-12-15-5-2-3-6-16(15)13-21/h2-3,5-6,11,14H,4,7-10,12-13H2,1H3. The van der Waals surface area contributed by atoms with Gasteiger partial charge in [-0.25, -0.2) is 0 Å². The number of fused-ring (bicyclic) bond motifs is 2. The van der Waals surface area contributed by atoms with E-state index >= 15 is 0 Å². The van der Waals surface area contributed by atoms with E-state index in [-0.39, 0.29) is 0 Å². The van der Waals surface area contributed by atoms with E-state index in [1.807, 2.05) is 0 Å². The molecule has 1 atom stereocenters. The summed E-state index contributed by atoms with van der Waals surface area (Å²) < 4.78 is 2.08. The molecule has 2 heterocycles. The summed E-state index contributed by atoms with van der Waals surface area (Å²) >= 11 is 0. The SMILES string of the molecule is Cn1ncc2c1CCCC2CCN1Cc2ccccc2C1. The summed E-state index contributed by atoms with van der Waals surface area (Å²) in [5.74, 6) is 0.714. The van der Waals surface area contributed by atoms with Gasteiger partial charge in [-0.2, -0.15) is 5.10 Å². The quantitative estimate of drug-likeness (QED) is 0.861. The molecule has 1 aromatic heterocycles. The number of nitrogens with zero attached hydrogens (tertiary/aromatic N) is 3. The highest BCUT2D eigenvalue weighted by Gasteiger charge is 2.25. The Hall–Kier alpha value is -1.61. The minimum Gasteiger partial charge on any atom is -0.295 e. The molecule has 110 valence electrons. The molecule has 4 rings (SSSR count). The van der Waals surface area contributed by atoms with Crippen molar-refractivity contribution in [3.8, 4) is 0 Å². The van der Waals surface area contributed by atoms with Gasteiger partial charge >= 0.3 is 0 Å². The van der Waals surface area contributed by atoms with Gasteiger partial charge in [-0.05, 0) is 54.8 Å². The summed E-state index contributed by atoms with van der Waals surface area (Å²) in [5.41, 5.74) is 6.02. The second kappa shape index (κ2) is 5.30. The lowest BCUT2D eigenvalue weighted by molar-refractivity contribution is 0.267. The topological polar surface area (TPSA) is 21.1 Å². The fraction of sp³-hybridized carbons (Fsp3) is 0.500. The zero-order chi connectivity index (χ0) is 14.2. The van der Waals surface area contributed by atoms with Gasteiger partial charge in [0.15, 0.2) is 0 Å². The van der Waals surface area contributed by atoms with Crippen LogP contribution in [-0.4, -0.2) is 21.2 Å². The van der Waals surface area contributed by atoms with Gasteiger partial charge in [0.25, 0.3) is 0 Å². The van der Waals surface area contributed by atoms with E-state index in [0.29, 0.717) is 5.92 Å². The molecule has 1 unspecified atom stereocenters. The predicted octanol–water partition coefficient (Wildman–Crippen LogP) is 3.25. The van der Waals surface area contributed by atoms with Crippen molar-refractivity contribution in [2.24, 2.45) is 7.05 Å².